The van der Waals surface area contributed by atoms with Crippen molar-refractivity contribution in [2.75, 3.05) is 9.62 Å². The fourth-order valence-electron chi connectivity index (χ4n) is 3.16. The standard InChI is InChI=1S/C21H16N4O4S.ClH/c26-25(27)17-6-3-5-16(15-17)23-30(28,29)21-10-9-20(18-7-1-2-8-19(18)21)24-13-4-11-22-12-14-24;/h1-15,23H;1H. The molecule has 0 saturated carbocycles. The molecule has 0 bridgehead atoms. The second kappa shape index (κ2) is 8.99. The Bertz CT molecular complexity index is 1320. The Labute approximate surface area is 184 Å². The van der Waals surface area contributed by atoms with E-state index >= 15 is 0 Å². The third kappa shape index (κ3) is 4.57. The molecule has 10 heteroatoms. The third-order valence-corrected chi connectivity index (χ3v) is 5.91. The number of hydrogen-bond acceptors (Lipinski definition) is 6. The highest BCUT2D eigenvalue weighted by atomic mass is 35.5. The number of anilines is 2. The molecule has 1 aliphatic heterocycles. The van der Waals surface area contributed by atoms with E-state index in [0.717, 1.165) is 11.1 Å². The largest absolute Gasteiger partial charge is 0.322 e. The summed E-state index contributed by atoms with van der Waals surface area (Å²) in [5.41, 5.74) is 0.711. The van der Waals surface area contributed by atoms with Gasteiger partial charge in [-0.25, -0.2) is 8.42 Å². The number of nitrogens with one attached hydrogen (secondary N) is 1. The van der Waals surface area contributed by atoms with E-state index < -0.39 is 14.9 Å². The first kappa shape index (κ1) is 22.0. The fraction of sp³-hybridized carbons (Fsp3) is 0. The van der Waals surface area contributed by atoms with Crippen molar-refractivity contribution >= 4 is 56.5 Å². The number of nitrogens with zero attached hydrogens (tertiary/aromatic N) is 3. The van der Waals surface area contributed by atoms with Gasteiger partial charge in [0.15, 0.2) is 0 Å². The Morgan fingerprint density at radius 2 is 1.74 bits per heavy atom. The zero-order chi connectivity index (χ0) is 21.1. The Balaban J connectivity index is 0.00000272. The van der Waals surface area contributed by atoms with Crippen molar-refractivity contribution in [3.8, 4) is 0 Å². The van der Waals surface area contributed by atoms with Gasteiger partial charge in [-0.2, -0.15) is 0 Å². The number of nitro groups is 1. The Hall–Kier alpha value is -3.69. The number of allylic oxidation sites excluding steroid dienone is 1. The minimum absolute atomic E-state index is 0. The van der Waals surface area contributed by atoms with Crippen LogP contribution in [-0.4, -0.2) is 19.6 Å². The lowest BCUT2D eigenvalue weighted by molar-refractivity contribution is -0.384. The molecule has 0 unspecified atom stereocenters. The van der Waals surface area contributed by atoms with Crippen LogP contribution < -0.4 is 9.62 Å². The summed E-state index contributed by atoms with van der Waals surface area (Å²) in [6.07, 6.45) is 8.68. The lowest BCUT2D eigenvalue weighted by atomic mass is 10.1. The van der Waals surface area contributed by atoms with Crippen molar-refractivity contribution in [3.05, 3.63) is 95.5 Å². The van der Waals surface area contributed by atoms with Crippen LogP contribution in [0.15, 0.2) is 95.2 Å². The molecule has 31 heavy (non-hydrogen) atoms. The van der Waals surface area contributed by atoms with Crippen molar-refractivity contribution < 1.29 is 13.3 Å². The van der Waals surface area contributed by atoms with Crippen LogP contribution >= 0.6 is 12.4 Å². The van der Waals surface area contributed by atoms with Gasteiger partial charge in [-0.15, -0.1) is 12.4 Å². The summed E-state index contributed by atoms with van der Waals surface area (Å²) in [5, 5.41) is 12.2. The molecule has 0 aromatic heterocycles. The predicted octanol–water partition coefficient (Wildman–Crippen LogP) is 4.85. The van der Waals surface area contributed by atoms with Crippen molar-refractivity contribution in [2.24, 2.45) is 4.99 Å². The summed E-state index contributed by atoms with van der Waals surface area (Å²) in [5.74, 6) is 0. The average Bonchev–Trinajstić information content (AvgIpc) is 3.02. The molecule has 0 aliphatic carbocycles. The first-order valence-electron chi connectivity index (χ1n) is 8.90. The molecule has 8 nitrogen and oxygen atoms in total. The van der Waals surface area contributed by atoms with Crippen molar-refractivity contribution in [1.29, 1.82) is 0 Å². The summed E-state index contributed by atoms with van der Waals surface area (Å²) in [6.45, 7) is 0. The molecule has 0 radical (unpaired) electrons. The first-order valence-corrected chi connectivity index (χ1v) is 10.4. The highest BCUT2D eigenvalue weighted by Crippen LogP contribution is 2.33. The normalized spacial score (nSPS) is 13.0. The van der Waals surface area contributed by atoms with E-state index in [1.807, 2.05) is 23.2 Å². The summed E-state index contributed by atoms with van der Waals surface area (Å²) < 4.78 is 28.6. The number of fused-ring (bicyclic) bond motifs is 1. The number of aliphatic imine (C=N–C) groups is 1. The van der Waals surface area contributed by atoms with Crippen LogP contribution in [0.25, 0.3) is 10.8 Å². The average molecular weight is 457 g/mol. The minimum Gasteiger partial charge on any atom is -0.322 e. The quantitative estimate of drug-likeness (QED) is 0.436. The van der Waals surface area contributed by atoms with Gasteiger partial charge in [-0.1, -0.05) is 30.3 Å². The summed E-state index contributed by atoms with van der Waals surface area (Å²) >= 11 is 0. The first-order chi connectivity index (χ1) is 14.5. The zero-order valence-electron chi connectivity index (χ0n) is 16.0. The van der Waals surface area contributed by atoms with Gasteiger partial charge in [-0.3, -0.25) is 19.8 Å². The van der Waals surface area contributed by atoms with E-state index in [2.05, 4.69) is 9.71 Å². The smallest absolute Gasteiger partial charge is 0.271 e. The fourth-order valence-corrected chi connectivity index (χ4v) is 4.42. The van der Waals surface area contributed by atoms with Gasteiger partial charge < -0.3 is 4.90 Å². The number of halogens is 1. The molecular weight excluding hydrogens is 440 g/mol. The van der Waals surface area contributed by atoms with Crippen LogP contribution in [0.5, 0.6) is 0 Å². The van der Waals surface area contributed by atoms with Gasteiger partial charge in [0, 0.05) is 47.7 Å². The molecule has 4 rings (SSSR count). The van der Waals surface area contributed by atoms with E-state index in [-0.39, 0.29) is 28.7 Å². The molecule has 3 aromatic carbocycles. The lowest BCUT2D eigenvalue weighted by Crippen LogP contribution is -2.14. The summed E-state index contributed by atoms with van der Waals surface area (Å²) in [4.78, 5) is 16.4. The predicted molar refractivity (Wildman–Crippen MR) is 124 cm³/mol. The molecule has 0 saturated heterocycles. The summed E-state index contributed by atoms with van der Waals surface area (Å²) in [7, 11) is -3.99. The van der Waals surface area contributed by atoms with Gasteiger partial charge in [0.2, 0.25) is 0 Å². The number of nitro benzene ring substituents is 1. The maximum atomic E-state index is 13.1. The Morgan fingerprint density at radius 1 is 0.968 bits per heavy atom. The highest BCUT2D eigenvalue weighted by molar-refractivity contribution is 7.93. The second-order valence-electron chi connectivity index (χ2n) is 6.39. The zero-order valence-corrected chi connectivity index (χ0v) is 17.6. The van der Waals surface area contributed by atoms with Crippen molar-refractivity contribution in [2.45, 2.75) is 4.90 Å². The third-order valence-electron chi connectivity index (χ3n) is 4.47. The number of sulfonamides is 1. The molecule has 3 aromatic rings. The monoisotopic (exact) mass is 456 g/mol. The van der Waals surface area contributed by atoms with Gasteiger partial charge in [0.05, 0.1) is 21.2 Å². The number of benzene rings is 3. The molecule has 1 aliphatic rings. The van der Waals surface area contributed by atoms with Crippen LogP contribution in [0, 0.1) is 10.1 Å². The van der Waals surface area contributed by atoms with Crippen LogP contribution in [0.2, 0.25) is 0 Å². The second-order valence-corrected chi connectivity index (χ2v) is 8.04. The minimum atomic E-state index is -3.99. The van der Waals surface area contributed by atoms with E-state index in [4.69, 9.17) is 0 Å². The van der Waals surface area contributed by atoms with E-state index in [1.165, 1.54) is 30.3 Å². The Kier molecular flexibility index (Phi) is 6.38. The van der Waals surface area contributed by atoms with Crippen LogP contribution in [0.1, 0.15) is 0 Å². The van der Waals surface area contributed by atoms with E-state index in [0.29, 0.717) is 5.39 Å². The molecule has 1 heterocycles. The Morgan fingerprint density at radius 3 is 2.52 bits per heavy atom. The van der Waals surface area contributed by atoms with Crippen molar-refractivity contribution in [1.82, 2.24) is 0 Å². The molecule has 0 spiro atoms. The lowest BCUT2D eigenvalue weighted by Gasteiger charge is -2.19. The van der Waals surface area contributed by atoms with Gasteiger partial charge >= 0.3 is 0 Å². The molecule has 0 atom stereocenters. The van der Waals surface area contributed by atoms with Crippen LogP contribution in [0.3, 0.4) is 0 Å². The van der Waals surface area contributed by atoms with E-state index in [9.17, 15) is 18.5 Å². The van der Waals surface area contributed by atoms with Gasteiger partial charge in [0.1, 0.15) is 0 Å². The number of non-ortho nitro benzene ring substituents is 1. The van der Waals surface area contributed by atoms with Gasteiger partial charge in [0.25, 0.3) is 15.7 Å². The SMILES string of the molecule is Cl.O=[N+]([O-])c1cccc(NS(=O)(=O)c2ccc(N3C=CC=NC=C3)c3ccccc23)c1. The van der Waals surface area contributed by atoms with E-state index in [1.54, 1.807) is 42.9 Å². The highest BCUT2D eigenvalue weighted by Gasteiger charge is 2.20. The molecule has 158 valence electrons. The topological polar surface area (TPSA) is 105 Å². The molecular formula is C21H17ClN4O4S. The number of rotatable bonds is 5. The maximum absolute atomic E-state index is 13.1. The van der Waals surface area contributed by atoms with Gasteiger partial charge in [-0.05, 0) is 24.3 Å². The summed E-state index contributed by atoms with van der Waals surface area (Å²) in [6, 6.07) is 15.8. The maximum Gasteiger partial charge on any atom is 0.271 e. The van der Waals surface area contributed by atoms with Crippen LogP contribution in [0.4, 0.5) is 17.1 Å². The molecule has 0 fully saturated rings. The van der Waals surface area contributed by atoms with Crippen LogP contribution in [-0.2, 0) is 10.0 Å². The molecule has 1 N–H and O–H groups in total. The number of hydrogen-bond donors (Lipinski definition) is 1. The molecule has 0 amide bonds. The van der Waals surface area contributed by atoms with Crippen molar-refractivity contribution in [3.63, 3.8) is 0 Å².